The Hall–Kier alpha value is -3.03. The van der Waals surface area contributed by atoms with E-state index in [4.69, 9.17) is 10.3 Å². The highest BCUT2D eigenvalue weighted by Crippen LogP contribution is 2.13. The third-order valence-corrected chi connectivity index (χ3v) is 3.51. The van der Waals surface area contributed by atoms with Crippen LogP contribution in [-0.4, -0.2) is 57.6 Å². The average molecular weight is 363 g/mol. The second kappa shape index (κ2) is 10.8. The summed E-state index contributed by atoms with van der Waals surface area (Å²) in [6, 6.07) is 4.95. The van der Waals surface area contributed by atoms with Gasteiger partial charge < -0.3 is 25.8 Å². The summed E-state index contributed by atoms with van der Waals surface area (Å²) in [5.74, 6) is -2.37. The van der Waals surface area contributed by atoms with Crippen molar-refractivity contribution in [3.63, 3.8) is 0 Å². The minimum absolute atomic E-state index is 0.0909. The fraction of sp³-hybridized carbons (Fsp3) is 0.412. The maximum absolute atomic E-state index is 12.4. The summed E-state index contributed by atoms with van der Waals surface area (Å²) in [5.41, 5.74) is 9.01. The van der Waals surface area contributed by atoms with Crippen LogP contribution in [0.4, 0.5) is 0 Å². The number of carboxylic acids is 1. The fourth-order valence-corrected chi connectivity index (χ4v) is 2.21. The first kappa shape index (κ1) is 21.0. The van der Waals surface area contributed by atoms with E-state index in [1.807, 2.05) is 0 Å². The molecule has 0 saturated carbocycles. The van der Waals surface area contributed by atoms with Gasteiger partial charge in [0.1, 0.15) is 17.9 Å². The predicted molar refractivity (Wildman–Crippen MR) is 90.7 cm³/mol. The second-order valence-corrected chi connectivity index (χ2v) is 5.46. The van der Waals surface area contributed by atoms with Crippen molar-refractivity contribution in [3.8, 4) is 5.75 Å². The Labute approximate surface area is 150 Å². The molecule has 0 spiro atoms. The van der Waals surface area contributed by atoms with Crippen LogP contribution in [0.3, 0.4) is 0 Å². The number of hydrogen-bond acceptors (Lipinski definition) is 5. The highest BCUT2D eigenvalue weighted by molar-refractivity contribution is 6.25. The van der Waals surface area contributed by atoms with Crippen LogP contribution < -0.4 is 5.32 Å². The Bertz CT molecular complexity index is 682. The number of ketones is 1. The van der Waals surface area contributed by atoms with Crippen LogP contribution in [0, 0.1) is 0 Å². The molecule has 2 atom stereocenters. The largest absolute Gasteiger partial charge is 0.508 e. The molecule has 9 heteroatoms. The molecule has 140 valence electrons. The van der Waals surface area contributed by atoms with E-state index in [0.29, 0.717) is 6.21 Å². The first-order valence-corrected chi connectivity index (χ1v) is 8.00. The fourth-order valence-electron chi connectivity index (χ4n) is 2.21. The van der Waals surface area contributed by atoms with Gasteiger partial charge >= 0.3 is 12.2 Å². The van der Waals surface area contributed by atoms with E-state index in [-0.39, 0.29) is 31.6 Å². The molecule has 26 heavy (non-hydrogen) atoms. The van der Waals surface area contributed by atoms with Crippen LogP contribution >= 0.6 is 0 Å². The molecule has 3 N–H and O–H groups in total. The van der Waals surface area contributed by atoms with E-state index < -0.39 is 29.8 Å². The normalized spacial score (nSPS) is 12.5. The molecule has 9 nitrogen and oxygen atoms in total. The number of amides is 1. The van der Waals surface area contributed by atoms with Gasteiger partial charge in [0, 0.05) is 19.4 Å². The maximum Gasteiger partial charge on any atom is 0.326 e. The molecule has 0 heterocycles. The number of carbonyl (C=O) groups is 3. The first-order chi connectivity index (χ1) is 12.4. The lowest BCUT2D eigenvalue weighted by molar-refractivity contribution is -0.144. The maximum atomic E-state index is 12.4. The zero-order valence-corrected chi connectivity index (χ0v) is 14.3. The number of rotatable bonds is 11. The third-order valence-electron chi connectivity index (χ3n) is 3.51. The molecule has 0 fully saturated rings. The van der Waals surface area contributed by atoms with Crippen molar-refractivity contribution in [3.05, 3.63) is 35.4 Å². The molecule has 0 aliphatic rings. The van der Waals surface area contributed by atoms with Gasteiger partial charge in [0.25, 0.3) is 0 Å². The van der Waals surface area contributed by atoms with Crippen molar-refractivity contribution in [2.75, 3.05) is 6.61 Å². The smallest absolute Gasteiger partial charge is 0.326 e. The zero-order valence-electron chi connectivity index (χ0n) is 14.3. The van der Waals surface area contributed by atoms with Gasteiger partial charge in [-0.25, -0.2) is 4.79 Å². The number of carbonyl (C=O) groups excluding carboxylic acids is 2. The van der Waals surface area contributed by atoms with Crippen LogP contribution in [0.2, 0.25) is 0 Å². The second-order valence-electron chi connectivity index (χ2n) is 5.46. The molecule has 0 bridgehead atoms. The molecule has 1 aromatic rings. The lowest BCUT2D eigenvalue weighted by Gasteiger charge is -2.20. The van der Waals surface area contributed by atoms with E-state index in [1.165, 1.54) is 12.1 Å². The predicted octanol–water partition coefficient (Wildman–Crippen LogP) is 0.559. The molecule has 0 aliphatic heterocycles. The van der Waals surface area contributed by atoms with Gasteiger partial charge in [0.15, 0.2) is 0 Å². The van der Waals surface area contributed by atoms with E-state index in [0.717, 1.165) is 5.56 Å². The third kappa shape index (κ3) is 7.25. The Morgan fingerprint density at radius 2 is 1.96 bits per heavy atom. The number of hydrogen-bond donors (Lipinski definition) is 3. The monoisotopic (exact) mass is 363 g/mol. The number of ether oxygens (including phenoxy) is 1. The highest BCUT2D eigenvalue weighted by atomic mass is 16.5. The number of Topliss-reactive ketones (excluding diaryl/α,β-unsaturated/α-hetero) is 1. The molecule has 0 saturated heterocycles. The van der Waals surface area contributed by atoms with Crippen LogP contribution in [0.25, 0.3) is 5.53 Å². The van der Waals surface area contributed by atoms with Crippen molar-refractivity contribution in [1.29, 1.82) is 0 Å². The van der Waals surface area contributed by atoms with Crippen molar-refractivity contribution >= 4 is 23.9 Å². The number of carboxylic acid groups (broad SMARTS) is 1. The molecule has 1 amide bonds. The average Bonchev–Trinajstić information content (AvgIpc) is 2.59. The van der Waals surface area contributed by atoms with Gasteiger partial charge in [-0.1, -0.05) is 12.1 Å². The number of aliphatic carboxylic acids is 1. The van der Waals surface area contributed by atoms with Crippen LogP contribution in [0.15, 0.2) is 24.3 Å². The summed E-state index contributed by atoms with van der Waals surface area (Å²) in [7, 11) is 0. The number of aromatic hydroxyl groups is 1. The van der Waals surface area contributed by atoms with Crippen molar-refractivity contribution in [2.24, 2.45) is 0 Å². The van der Waals surface area contributed by atoms with Crippen LogP contribution in [0.1, 0.15) is 25.3 Å². The molecular weight excluding hydrogens is 342 g/mol. The summed E-state index contributed by atoms with van der Waals surface area (Å²) < 4.78 is 5.39. The van der Waals surface area contributed by atoms with E-state index in [1.54, 1.807) is 19.1 Å². The Balaban J connectivity index is 2.75. The molecule has 1 rings (SSSR count). The van der Waals surface area contributed by atoms with Crippen molar-refractivity contribution in [2.45, 2.75) is 38.3 Å². The van der Waals surface area contributed by atoms with Gasteiger partial charge in [-0.3, -0.25) is 9.59 Å². The minimum atomic E-state index is -1.29. The first-order valence-electron chi connectivity index (χ1n) is 8.00. The molecular formula is C17H21N3O6. The Morgan fingerprint density at radius 3 is 2.50 bits per heavy atom. The van der Waals surface area contributed by atoms with Gasteiger partial charge in [0.05, 0.1) is 0 Å². The summed E-state index contributed by atoms with van der Waals surface area (Å²) in [4.78, 5) is 37.6. The van der Waals surface area contributed by atoms with Crippen LogP contribution in [0.5, 0.6) is 5.75 Å². The molecule has 0 radical (unpaired) electrons. The van der Waals surface area contributed by atoms with Gasteiger partial charge in [-0.15, -0.1) is 0 Å². The number of phenols is 1. The number of benzene rings is 1. The molecule has 0 aromatic heterocycles. The van der Waals surface area contributed by atoms with Crippen LogP contribution in [-0.2, 0) is 25.5 Å². The molecule has 1 aromatic carbocycles. The van der Waals surface area contributed by atoms with Gasteiger partial charge in [-0.2, -0.15) is 4.79 Å². The van der Waals surface area contributed by atoms with Gasteiger partial charge in [-0.05, 0) is 31.0 Å². The topological polar surface area (TPSA) is 149 Å². The number of nitrogens with one attached hydrogen (secondary N) is 1. The van der Waals surface area contributed by atoms with E-state index >= 15 is 0 Å². The summed E-state index contributed by atoms with van der Waals surface area (Å²) in [5, 5.41) is 20.9. The highest BCUT2D eigenvalue weighted by Gasteiger charge is 2.26. The van der Waals surface area contributed by atoms with E-state index in [2.05, 4.69) is 10.1 Å². The molecule has 2 unspecified atom stereocenters. The quantitative estimate of drug-likeness (QED) is 0.297. The SMILES string of the molecule is CCOC(Cc1ccc(O)cc1)C(=O)NC(CCC(=O)C=[N+]=[N-])C(=O)O. The summed E-state index contributed by atoms with van der Waals surface area (Å²) in [6.07, 6.45) is -0.388. The van der Waals surface area contributed by atoms with Crippen molar-refractivity contribution < 1.29 is 34.1 Å². The molecule has 0 aliphatic carbocycles. The number of phenolic OH excluding ortho intramolecular Hbond substituents is 1. The lowest BCUT2D eigenvalue weighted by Crippen LogP contribution is -2.47. The van der Waals surface area contributed by atoms with E-state index in [9.17, 15) is 24.6 Å². The lowest BCUT2D eigenvalue weighted by atomic mass is 10.1. The van der Waals surface area contributed by atoms with Gasteiger partial charge in [0.2, 0.25) is 11.7 Å². The summed E-state index contributed by atoms with van der Waals surface area (Å²) >= 11 is 0. The standard InChI is InChI=1S/C17H21N3O6/c1-2-26-15(9-11-3-5-12(21)6-4-11)16(23)20-14(17(24)25)8-7-13(22)10-19-18/h3-6,10,14-15,21H,2,7-9H2,1H3,(H,20,23)(H,24,25). The Kier molecular flexibility index (Phi) is 8.69. The Morgan fingerprint density at radius 1 is 1.31 bits per heavy atom. The minimum Gasteiger partial charge on any atom is -0.508 e. The zero-order chi connectivity index (χ0) is 19.5. The van der Waals surface area contributed by atoms with Crippen molar-refractivity contribution in [1.82, 2.24) is 5.32 Å². The summed E-state index contributed by atoms with van der Waals surface area (Å²) in [6.45, 7) is 1.96. The number of nitrogens with zero attached hydrogens (tertiary/aromatic N) is 2.